The van der Waals surface area contributed by atoms with Gasteiger partial charge >= 0.3 is 0 Å². The van der Waals surface area contributed by atoms with Gasteiger partial charge in [-0.05, 0) is 53.9 Å². The van der Waals surface area contributed by atoms with Gasteiger partial charge in [0.05, 0.1) is 4.47 Å². The van der Waals surface area contributed by atoms with Crippen molar-refractivity contribution in [1.29, 1.82) is 0 Å². The molecule has 0 aromatic carbocycles. The molecule has 0 bridgehead atoms. The third-order valence-electron chi connectivity index (χ3n) is 0.676. The Kier molecular flexibility index (Phi) is 2.60. The summed E-state index contributed by atoms with van der Waals surface area (Å²) in [5.74, 6) is 0. The Morgan fingerprint density at radius 2 is 1.78 bits per heavy atom. The largest absolute Gasteiger partial charge is 0.143 e. The molecule has 9 heavy (non-hydrogen) atoms. The van der Waals surface area contributed by atoms with Crippen LogP contribution in [0.4, 0.5) is 0 Å². The second-order valence-electron chi connectivity index (χ2n) is 1.31. The van der Waals surface area contributed by atoms with Crippen molar-refractivity contribution in [3.63, 3.8) is 0 Å². The van der Waals surface area contributed by atoms with Gasteiger partial charge in [0.15, 0.2) is 0 Å². The normalized spacial score (nSPS) is 9.67. The van der Waals surface area contributed by atoms with Crippen LogP contribution in [0, 0.1) is 0 Å². The molecule has 1 aromatic heterocycles. The third kappa shape index (κ3) is 1.98. The molecule has 2 nitrogen and oxygen atoms in total. The van der Waals surface area contributed by atoms with Crippen LogP contribution in [0.15, 0.2) is 19.7 Å². The maximum atomic E-state index is 3.75. The summed E-state index contributed by atoms with van der Waals surface area (Å²) < 4.78 is 2.33. The molecule has 1 rings (SSSR count). The van der Waals surface area contributed by atoms with Crippen molar-refractivity contribution in [2.24, 2.45) is 0 Å². The predicted molar refractivity (Wildman–Crippen MR) is 45.1 cm³/mol. The molecular weight excluding hydrogens is 316 g/mol. The topological polar surface area (TPSA) is 25.8 Å². The van der Waals surface area contributed by atoms with Crippen LogP contribution in [0.3, 0.4) is 0 Å². The van der Waals surface area contributed by atoms with Gasteiger partial charge in [-0.25, -0.2) is 0 Å². The first kappa shape index (κ1) is 7.63. The SMILES string of the molecule is Brc1cc(Br)c(Br)nn1. The summed E-state index contributed by atoms with van der Waals surface area (Å²) in [6.45, 7) is 0. The van der Waals surface area contributed by atoms with Gasteiger partial charge in [-0.1, -0.05) is 0 Å². The molecule has 5 heteroatoms. The second-order valence-corrected chi connectivity index (χ2v) is 3.72. The van der Waals surface area contributed by atoms with Gasteiger partial charge < -0.3 is 0 Å². The first-order valence-corrected chi connectivity index (χ1v) is 4.42. The van der Waals surface area contributed by atoms with Gasteiger partial charge in [0, 0.05) is 0 Å². The minimum atomic E-state index is 0.714. The van der Waals surface area contributed by atoms with Crippen LogP contribution in [-0.2, 0) is 0 Å². The molecule has 48 valence electrons. The first-order chi connectivity index (χ1) is 4.20. The minimum absolute atomic E-state index is 0.714. The van der Waals surface area contributed by atoms with Gasteiger partial charge in [0.1, 0.15) is 9.21 Å². The van der Waals surface area contributed by atoms with Crippen molar-refractivity contribution in [1.82, 2.24) is 10.2 Å². The Morgan fingerprint density at radius 3 is 2.22 bits per heavy atom. The fourth-order valence-electron chi connectivity index (χ4n) is 0.332. The highest BCUT2D eigenvalue weighted by Gasteiger charge is 1.97. The minimum Gasteiger partial charge on any atom is -0.142 e. The van der Waals surface area contributed by atoms with E-state index < -0.39 is 0 Å². The average Bonchev–Trinajstić information content (AvgIpc) is 1.80. The van der Waals surface area contributed by atoms with Crippen molar-refractivity contribution in [2.45, 2.75) is 0 Å². The lowest BCUT2D eigenvalue weighted by Gasteiger charge is -1.91. The number of nitrogens with zero attached hydrogens (tertiary/aromatic N) is 2. The summed E-state index contributed by atoms with van der Waals surface area (Å²) in [6, 6.07) is 1.82. The quantitative estimate of drug-likeness (QED) is 0.735. The number of hydrogen-bond acceptors (Lipinski definition) is 2. The molecule has 0 amide bonds. The van der Waals surface area contributed by atoms with Crippen LogP contribution < -0.4 is 0 Å². The van der Waals surface area contributed by atoms with E-state index in [4.69, 9.17) is 0 Å². The van der Waals surface area contributed by atoms with E-state index in [1.807, 2.05) is 6.07 Å². The summed E-state index contributed by atoms with van der Waals surface area (Å²) in [7, 11) is 0. The Bertz CT molecular complexity index is 225. The van der Waals surface area contributed by atoms with Crippen LogP contribution in [-0.4, -0.2) is 10.2 Å². The monoisotopic (exact) mass is 314 g/mol. The molecule has 0 aliphatic heterocycles. The lowest BCUT2D eigenvalue weighted by molar-refractivity contribution is 0.972. The van der Waals surface area contributed by atoms with E-state index in [-0.39, 0.29) is 0 Å². The molecule has 1 aromatic rings. The Balaban J connectivity index is 3.17. The van der Waals surface area contributed by atoms with E-state index in [2.05, 4.69) is 58.0 Å². The zero-order chi connectivity index (χ0) is 6.85. The van der Waals surface area contributed by atoms with Gasteiger partial charge in [-0.3, -0.25) is 0 Å². The molecule has 0 atom stereocenters. The van der Waals surface area contributed by atoms with Crippen LogP contribution in [0.2, 0.25) is 0 Å². The summed E-state index contributed by atoms with van der Waals surface area (Å²) in [4.78, 5) is 0. The highest BCUT2D eigenvalue weighted by atomic mass is 79.9. The standard InChI is InChI=1S/C4HBr3N2/c5-2-1-3(6)8-9-4(2)7/h1H. The Hall–Kier alpha value is 0.520. The van der Waals surface area contributed by atoms with Crippen LogP contribution in [0.5, 0.6) is 0 Å². The molecule has 1 heterocycles. The van der Waals surface area contributed by atoms with Crippen molar-refractivity contribution in [2.75, 3.05) is 0 Å². The summed E-state index contributed by atoms with van der Waals surface area (Å²) in [5, 5.41) is 7.48. The van der Waals surface area contributed by atoms with Crippen LogP contribution in [0.1, 0.15) is 0 Å². The van der Waals surface area contributed by atoms with E-state index in [0.29, 0.717) is 4.60 Å². The smallest absolute Gasteiger partial charge is 0.142 e. The zero-order valence-electron chi connectivity index (χ0n) is 4.11. The number of hydrogen-bond donors (Lipinski definition) is 0. The molecule has 0 saturated heterocycles. The van der Waals surface area contributed by atoms with Gasteiger partial charge in [-0.15, -0.1) is 10.2 Å². The molecule has 0 N–H and O–H groups in total. The summed E-state index contributed by atoms with van der Waals surface area (Å²) in [6.07, 6.45) is 0. The van der Waals surface area contributed by atoms with E-state index in [9.17, 15) is 0 Å². The average molecular weight is 317 g/mol. The van der Waals surface area contributed by atoms with E-state index in [1.165, 1.54) is 0 Å². The van der Waals surface area contributed by atoms with Crippen LogP contribution >= 0.6 is 47.8 Å². The van der Waals surface area contributed by atoms with Crippen molar-refractivity contribution < 1.29 is 0 Å². The lowest BCUT2D eigenvalue weighted by atomic mass is 10.6. The van der Waals surface area contributed by atoms with Gasteiger partial charge in [-0.2, -0.15) is 0 Å². The van der Waals surface area contributed by atoms with E-state index >= 15 is 0 Å². The second kappa shape index (κ2) is 3.07. The number of rotatable bonds is 0. The molecule has 0 saturated carbocycles. The fourth-order valence-corrected chi connectivity index (χ4v) is 1.44. The molecular formula is C4HBr3N2. The van der Waals surface area contributed by atoms with E-state index in [1.54, 1.807) is 0 Å². The molecule has 0 aliphatic rings. The Morgan fingerprint density at radius 1 is 1.11 bits per heavy atom. The molecule has 0 unspecified atom stereocenters. The van der Waals surface area contributed by atoms with Crippen molar-refractivity contribution in [3.05, 3.63) is 19.7 Å². The maximum Gasteiger partial charge on any atom is 0.143 e. The fraction of sp³-hybridized carbons (Fsp3) is 0. The Labute approximate surface area is 77.4 Å². The van der Waals surface area contributed by atoms with Crippen molar-refractivity contribution >= 4 is 47.8 Å². The summed E-state index contributed by atoms with van der Waals surface area (Å²) in [5.41, 5.74) is 0. The maximum absolute atomic E-state index is 3.75. The molecule has 0 spiro atoms. The highest BCUT2D eigenvalue weighted by molar-refractivity contribution is 9.13. The molecule has 0 fully saturated rings. The van der Waals surface area contributed by atoms with Crippen molar-refractivity contribution in [3.8, 4) is 0 Å². The molecule has 0 aliphatic carbocycles. The predicted octanol–water partition coefficient (Wildman–Crippen LogP) is 2.76. The van der Waals surface area contributed by atoms with Gasteiger partial charge in [0.25, 0.3) is 0 Å². The lowest BCUT2D eigenvalue weighted by Crippen LogP contribution is -1.82. The van der Waals surface area contributed by atoms with Gasteiger partial charge in [0.2, 0.25) is 0 Å². The number of halogens is 3. The first-order valence-electron chi connectivity index (χ1n) is 2.04. The third-order valence-corrected chi connectivity index (χ3v) is 2.79. The number of aromatic nitrogens is 2. The molecule has 0 radical (unpaired) electrons. The highest BCUT2D eigenvalue weighted by Crippen LogP contribution is 2.21. The summed E-state index contributed by atoms with van der Waals surface area (Å²) >= 11 is 9.63. The van der Waals surface area contributed by atoms with Crippen LogP contribution in [0.25, 0.3) is 0 Å². The van der Waals surface area contributed by atoms with E-state index in [0.717, 1.165) is 9.08 Å². The zero-order valence-corrected chi connectivity index (χ0v) is 8.86.